The van der Waals surface area contributed by atoms with E-state index in [1.807, 2.05) is 9.80 Å². The number of rotatable bonds is 3. The molecule has 3 atom stereocenters. The van der Waals surface area contributed by atoms with Gasteiger partial charge in [-0.3, -0.25) is 9.59 Å². The number of hydrogen-bond acceptors (Lipinski definition) is 5. The van der Waals surface area contributed by atoms with Gasteiger partial charge >= 0.3 is 6.03 Å². The molecule has 5 heterocycles. The number of carbonyl (C=O) groups is 3. The van der Waals surface area contributed by atoms with Gasteiger partial charge < -0.3 is 24.8 Å². The normalized spacial score (nSPS) is 27.7. The van der Waals surface area contributed by atoms with Gasteiger partial charge in [-0.15, -0.1) is 0 Å². The lowest BCUT2D eigenvalue weighted by Crippen LogP contribution is -2.62. The number of urea groups is 1. The molecule has 2 bridgehead atoms. The Hall–Kier alpha value is -2.84. The van der Waals surface area contributed by atoms with Crippen LogP contribution in [0.3, 0.4) is 0 Å². The highest BCUT2D eigenvalue weighted by Gasteiger charge is 2.45. The number of likely N-dealkylation sites (tertiary alicyclic amines) is 2. The van der Waals surface area contributed by atoms with Crippen LogP contribution >= 0.6 is 0 Å². The number of hydrogen-bond donors (Lipinski definition) is 1. The molecule has 1 aromatic heterocycles. The Bertz CT molecular complexity index is 899. The maximum absolute atomic E-state index is 13.3. The molecule has 4 saturated heterocycles. The largest absolute Gasteiger partial charge is 0.481 e. The summed E-state index contributed by atoms with van der Waals surface area (Å²) in [7, 11) is 1.54. The average molecular weight is 456 g/mol. The van der Waals surface area contributed by atoms with Crippen LogP contribution in [0.15, 0.2) is 18.3 Å². The van der Waals surface area contributed by atoms with Gasteiger partial charge in [-0.25, -0.2) is 9.78 Å². The Morgan fingerprint density at radius 2 is 1.91 bits per heavy atom. The van der Waals surface area contributed by atoms with E-state index in [-0.39, 0.29) is 18.0 Å². The van der Waals surface area contributed by atoms with Gasteiger partial charge in [0, 0.05) is 63.5 Å². The van der Waals surface area contributed by atoms with Crippen LogP contribution in [-0.2, 0) is 4.79 Å². The molecule has 9 nitrogen and oxygen atoms in total. The monoisotopic (exact) mass is 455 g/mol. The second-order valence-corrected chi connectivity index (χ2v) is 9.88. The summed E-state index contributed by atoms with van der Waals surface area (Å²) in [5, 5.41) is 3.07. The van der Waals surface area contributed by atoms with E-state index in [0.29, 0.717) is 54.7 Å². The van der Waals surface area contributed by atoms with Crippen molar-refractivity contribution in [3.05, 3.63) is 23.9 Å². The zero-order valence-corrected chi connectivity index (χ0v) is 19.2. The second-order valence-electron chi connectivity index (χ2n) is 9.88. The summed E-state index contributed by atoms with van der Waals surface area (Å²) < 4.78 is 5.04. The molecule has 0 unspecified atom stereocenters. The van der Waals surface area contributed by atoms with Crippen molar-refractivity contribution in [1.82, 2.24) is 25.0 Å². The van der Waals surface area contributed by atoms with Gasteiger partial charge in [-0.2, -0.15) is 0 Å². The van der Waals surface area contributed by atoms with Crippen LogP contribution in [-0.4, -0.2) is 89.4 Å². The van der Waals surface area contributed by atoms with Gasteiger partial charge in [0.1, 0.15) is 0 Å². The predicted octanol–water partition coefficient (Wildman–Crippen LogP) is 1.74. The summed E-state index contributed by atoms with van der Waals surface area (Å²) >= 11 is 0. The molecule has 4 aliphatic rings. The average Bonchev–Trinajstić information content (AvgIpc) is 2.84. The van der Waals surface area contributed by atoms with E-state index in [1.54, 1.807) is 19.2 Å². The zero-order valence-electron chi connectivity index (χ0n) is 19.2. The molecule has 0 saturated carbocycles. The van der Waals surface area contributed by atoms with Crippen molar-refractivity contribution in [2.75, 3.05) is 39.8 Å². The fourth-order valence-electron chi connectivity index (χ4n) is 6.09. The third-order valence-corrected chi connectivity index (χ3v) is 7.76. The summed E-state index contributed by atoms with van der Waals surface area (Å²) in [6, 6.07) is 3.85. The third kappa shape index (κ3) is 4.50. The highest BCUT2D eigenvalue weighted by atomic mass is 16.5. The quantitative estimate of drug-likeness (QED) is 0.749. The lowest BCUT2D eigenvalue weighted by molar-refractivity contribution is -0.144. The minimum Gasteiger partial charge on any atom is -0.481 e. The van der Waals surface area contributed by atoms with Crippen molar-refractivity contribution in [1.29, 1.82) is 0 Å². The summed E-state index contributed by atoms with van der Waals surface area (Å²) in [5.41, 5.74) is 0.504. The Morgan fingerprint density at radius 1 is 1.09 bits per heavy atom. The lowest BCUT2D eigenvalue weighted by Gasteiger charge is -2.53. The molecule has 4 amide bonds. The van der Waals surface area contributed by atoms with E-state index in [4.69, 9.17) is 4.74 Å². The van der Waals surface area contributed by atoms with Crippen molar-refractivity contribution in [3.8, 4) is 5.88 Å². The Balaban J connectivity index is 1.13. The minimum atomic E-state index is -0.148. The highest BCUT2D eigenvalue weighted by molar-refractivity contribution is 5.94. The van der Waals surface area contributed by atoms with Gasteiger partial charge in [-0.05, 0) is 50.0 Å². The van der Waals surface area contributed by atoms with Crippen LogP contribution in [0.25, 0.3) is 0 Å². The second kappa shape index (κ2) is 9.19. The molecule has 5 rings (SSSR count). The zero-order chi connectivity index (χ0) is 22.9. The molecular formula is C24H33N5O4. The molecule has 178 valence electrons. The van der Waals surface area contributed by atoms with Crippen LogP contribution in [0.1, 0.15) is 48.9 Å². The van der Waals surface area contributed by atoms with E-state index in [1.165, 1.54) is 6.20 Å². The molecule has 9 heteroatoms. The first-order valence-electron chi connectivity index (χ1n) is 12.2. The van der Waals surface area contributed by atoms with Crippen molar-refractivity contribution in [2.24, 2.45) is 11.8 Å². The maximum atomic E-state index is 13.3. The van der Waals surface area contributed by atoms with Crippen LogP contribution < -0.4 is 10.1 Å². The Kier molecular flexibility index (Phi) is 6.12. The molecule has 1 aromatic rings. The number of fused-ring (bicyclic) bond motifs is 4. The highest BCUT2D eigenvalue weighted by Crippen LogP contribution is 2.38. The first kappa shape index (κ1) is 22.0. The Labute approximate surface area is 194 Å². The molecule has 0 aliphatic carbocycles. The molecule has 0 spiro atoms. The van der Waals surface area contributed by atoms with E-state index in [2.05, 4.69) is 15.2 Å². The SMILES string of the molecule is COc1ccc(C(=O)NC2CCN(C(=O)N3C[C@H]4C[C@H](C3)[C@H]3CCCC(=O)N3C4)CC2)cn1. The fourth-order valence-corrected chi connectivity index (χ4v) is 6.09. The molecular weight excluding hydrogens is 422 g/mol. The first-order chi connectivity index (χ1) is 16.0. The number of nitrogens with one attached hydrogen (secondary N) is 1. The maximum Gasteiger partial charge on any atom is 0.320 e. The smallest absolute Gasteiger partial charge is 0.320 e. The van der Waals surface area contributed by atoms with Gasteiger partial charge in [0.15, 0.2) is 0 Å². The van der Waals surface area contributed by atoms with Gasteiger partial charge in [0.05, 0.1) is 12.7 Å². The fraction of sp³-hybridized carbons (Fsp3) is 0.667. The predicted molar refractivity (Wildman–Crippen MR) is 121 cm³/mol. The van der Waals surface area contributed by atoms with E-state index in [9.17, 15) is 14.4 Å². The van der Waals surface area contributed by atoms with Gasteiger partial charge in [-0.1, -0.05) is 0 Å². The number of ether oxygens (including phenoxy) is 1. The summed E-state index contributed by atoms with van der Waals surface area (Å²) in [6.45, 7) is 3.59. The molecule has 33 heavy (non-hydrogen) atoms. The van der Waals surface area contributed by atoms with Crippen LogP contribution in [0, 0.1) is 11.8 Å². The van der Waals surface area contributed by atoms with E-state index in [0.717, 1.165) is 51.7 Å². The number of pyridine rings is 1. The molecule has 1 N–H and O–H groups in total. The summed E-state index contributed by atoms with van der Waals surface area (Å²) in [4.78, 5) is 48.3. The standard InChI is InChI=1S/C24H33N5O4/c1-33-21-6-5-17(12-25-21)23(31)26-19-7-9-27(10-8-19)24(32)28-13-16-11-18(15-28)20-3-2-4-22(30)29(20)14-16/h5-6,12,16,18-20H,2-4,7-11,13-15H2,1H3,(H,26,31)/t16-,18-,20-/m1/s1. The van der Waals surface area contributed by atoms with Crippen molar-refractivity contribution in [3.63, 3.8) is 0 Å². The number of nitrogens with zero attached hydrogens (tertiary/aromatic N) is 4. The van der Waals surface area contributed by atoms with Gasteiger partial charge in [0.2, 0.25) is 11.8 Å². The number of carbonyl (C=O) groups excluding carboxylic acids is 3. The van der Waals surface area contributed by atoms with E-state index >= 15 is 0 Å². The van der Waals surface area contributed by atoms with E-state index < -0.39 is 0 Å². The molecule has 4 fully saturated rings. The number of methoxy groups -OCH3 is 1. The van der Waals surface area contributed by atoms with Gasteiger partial charge in [0.25, 0.3) is 5.91 Å². The molecule has 0 aromatic carbocycles. The number of amides is 4. The molecule has 4 aliphatic heterocycles. The van der Waals surface area contributed by atoms with Crippen molar-refractivity contribution in [2.45, 2.75) is 50.6 Å². The summed E-state index contributed by atoms with van der Waals surface area (Å²) in [6.07, 6.45) is 6.85. The van der Waals surface area contributed by atoms with Crippen LogP contribution in [0.4, 0.5) is 4.79 Å². The number of piperidine rings is 4. The Morgan fingerprint density at radius 3 is 2.64 bits per heavy atom. The summed E-state index contributed by atoms with van der Waals surface area (Å²) in [5.74, 6) is 1.42. The topological polar surface area (TPSA) is 95.1 Å². The van der Waals surface area contributed by atoms with Crippen LogP contribution in [0.5, 0.6) is 5.88 Å². The molecule has 0 radical (unpaired) electrons. The first-order valence-corrected chi connectivity index (χ1v) is 12.2. The number of aromatic nitrogens is 1. The minimum absolute atomic E-state index is 0.0474. The van der Waals surface area contributed by atoms with Crippen LogP contribution in [0.2, 0.25) is 0 Å². The van der Waals surface area contributed by atoms with Crippen molar-refractivity contribution >= 4 is 17.8 Å². The lowest BCUT2D eigenvalue weighted by atomic mass is 9.76. The van der Waals surface area contributed by atoms with Crippen molar-refractivity contribution < 1.29 is 19.1 Å². The third-order valence-electron chi connectivity index (χ3n) is 7.76.